The Labute approximate surface area is 85.9 Å². The smallest absolute Gasteiger partial charge is 0.404 e. The topological polar surface area (TPSA) is 93.5 Å². The summed E-state index contributed by atoms with van der Waals surface area (Å²) in [7, 11) is 0. The quantitative estimate of drug-likeness (QED) is 0.520. The van der Waals surface area contributed by atoms with Crippen molar-refractivity contribution in [3.8, 4) is 0 Å². The normalized spacial score (nSPS) is 20.4. The maximum Gasteiger partial charge on any atom is 0.404 e. The Bertz CT molecular complexity index is 218. The number of rotatable bonds is 4. The molecule has 0 aromatic heterocycles. The van der Waals surface area contributed by atoms with E-state index < -0.39 is 6.09 Å². The Morgan fingerprint density at radius 2 is 2.43 bits per heavy atom. The molecule has 1 aliphatic heterocycles. The maximum atomic E-state index is 11.3. The van der Waals surface area contributed by atoms with Gasteiger partial charge in [-0.05, 0) is 0 Å². The molecule has 14 heavy (non-hydrogen) atoms. The van der Waals surface area contributed by atoms with Crippen molar-refractivity contribution in [2.24, 2.45) is 5.73 Å². The molecule has 0 aromatic carbocycles. The molecule has 1 fully saturated rings. The van der Waals surface area contributed by atoms with E-state index in [2.05, 4.69) is 15.4 Å². The summed E-state index contributed by atoms with van der Waals surface area (Å²) in [5.41, 5.74) is 4.74. The lowest BCUT2D eigenvalue weighted by Crippen LogP contribution is -2.43. The summed E-state index contributed by atoms with van der Waals surface area (Å²) >= 11 is 1.68. The molecule has 7 heteroatoms. The third kappa shape index (κ3) is 3.84. The zero-order valence-electron chi connectivity index (χ0n) is 7.62. The molecule has 6 nitrogen and oxygen atoms in total. The zero-order chi connectivity index (χ0) is 10.4. The van der Waals surface area contributed by atoms with E-state index in [9.17, 15) is 9.59 Å². The summed E-state index contributed by atoms with van der Waals surface area (Å²) in [5, 5.41) is 5.66. The molecule has 0 saturated carbocycles. The van der Waals surface area contributed by atoms with Crippen LogP contribution in [0.1, 0.15) is 0 Å². The monoisotopic (exact) mass is 219 g/mol. The number of ether oxygens (including phenoxy) is 1. The Balaban J connectivity index is 2.05. The van der Waals surface area contributed by atoms with Crippen molar-refractivity contribution in [3.05, 3.63) is 0 Å². The van der Waals surface area contributed by atoms with Crippen molar-refractivity contribution in [2.45, 2.75) is 6.04 Å². The van der Waals surface area contributed by atoms with Crippen molar-refractivity contribution in [3.63, 3.8) is 0 Å². The van der Waals surface area contributed by atoms with E-state index in [1.165, 1.54) is 0 Å². The molecule has 0 aliphatic carbocycles. The number of carbonyl (C=O) groups is 2. The van der Waals surface area contributed by atoms with Crippen LogP contribution >= 0.6 is 11.8 Å². The second-order valence-corrected chi connectivity index (χ2v) is 3.76. The molecule has 1 atom stereocenters. The van der Waals surface area contributed by atoms with E-state index in [4.69, 9.17) is 5.73 Å². The van der Waals surface area contributed by atoms with Crippen LogP contribution in [-0.2, 0) is 9.53 Å². The summed E-state index contributed by atoms with van der Waals surface area (Å²) in [5.74, 6) is 1.52. The standard InChI is InChI=1S/C7H13N3O3S/c8-7(12)13-2-1-9-6(11)5-3-14-4-10-5/h5,10H,1-4H2,(H2,8,12)(H,9,11). The molecule has 0 bridgehead atoms. The fourth-order valence-corrected chi connectivity index (χ4v) is 1.95. The number of hydrogen-bond acceptors (Lipinski definition) is 5. The third-order valence-electron chi connectivity index (χ3n) is 1.68. The molecule has 1 heterocycles. The largest absolute Gasteiger partial charge is 0.448 e. The van der Waals surface area contributed by atoms with E-state index >= 15 is 0 Å². The van der Waals surface area contributed by atoms with Gasteiger partial charge in [0.2, 0.25) is 5.91 Å². The van der Waals surface area contributed by atoms with Gasteiger partial charge in [-0.1, -0.05) is 0 Å². The molecule has 4 N–H and O–H groups in total. The predicted molar refractivity (Wildman–Crippen MR) is 52.8 cm³/mol. The van der Waals surface area contributed by atoms with Gasteiger partial charge in [0.15, 0.2) is 0 Å². The van der Waals surface area contributed by atoms with Gasteiger partial charge in [-0.3, -0.25) is 10.1 Å². The van der Waals surface area contributed by atoms with Crippen molar-refractivity contribution in [1.82, 2.24) is 10.6 Å². The van der Waals surface area contributed by atoms with Crippen LogP contribution in [0.5, 0.6) is 0 Å². The number of nitrogens with two attached hydrogens (primary N) is 1. The lowest BCUT2D eigenvalue weighted by molar-refractivity contribution is -0.122. The van der Waals surface area contributed by atoms with Crippen LogP contribution in [0.25, 0.3) is 0 Å². The summed E-state index contributed by atoms with van der Waals surface area (Å²) in [6, 6.07) is -0.131. The molecule has 1 rings (SSSR count). The number of amides is 2. The SMILES string of the molecule is NC(=O)OCCNC(=O)C1CSCN1. The second-order valence-electron chi connectivity index (χ2n) is 2.73. The van der Waals surface area contributed by atoms with E-state index in [1.54, 1.807) is 11.8 Å². The number of hydrogen-bond donors (Lipinski definition) is 3. The second kappa shape index (κ2) is 5.71. The van der Waals surface area contributed by atoms with Gasteiger partial charge in [0.1, 0.15) is 6.61 Å². The fraction of sp³-hybridized carbons (Fsp3) is 0.714. The van der Waals surface area contributed by atoms with Crippen molar-refractivity contribution in [2.75, 3.05) is 24.8 Å². The van der Waals surface area contributed by atoms with E-state index in [0.29, 0.717) is 6.54 Å². The minimum Gasteiger partial charge on any atom is -0.448 e. The van der Waals surface area contributed by atoms with Gasteiger partial charge in [-0.15, -0.1) is 11.8 Å². The van der Waals surface area contributed by atoms with Crippen molar-refractivity contribution < 1.29 is 14.3 Å². The zero-order valence-corrected chi connectivity index (χ0v) is 8.43. The average Bonchev–Trinajstić information content (AvgIpc) is 2.64. The van der Waals surface area contributed by atoms with E-state index in [-0.39, 0.29) is 18.6 Å². The molecule has 1 aliphatic rings. The van der Waals surface area contributed by atoms with Crippen LogP contribution in [-0.4, -0.2) is 42.8 Å². The fourth-order valence-electron chi connectivity index (χ4n) is 1.01. The van der Waals surface area contributed by atoms with Gasteiger partial charge in [0.25, 0.3) is 0 Å². The molecule has 0 radical (unpaired) electrons. The molecular weight excluding hydrogens is 206 g/mol. The van der Waals surface area contributed by atoms with Crippen LogP contribution in [0.3, 0.4) is 0 Å². The van der Waals surface area contributed by atoms with Crippen LogP contribution in [0, 0.1) is 0 Å². The Morgan fingerprint density at radius 3 is 3.00 bits per heavy atom. The van der Waals surface area contributed by atoms with Gasteiger partial charge < -0.3 is 15.8 Å². The summed E-state index contributed by atoms with van der Waals surface area (Å²) in [6.45, 7) is 0.408. The van der Waals surface area contributed by atoms with Crippen LogP contribution in [0.2, 0.25) is 0 Å². The molecule has 2 amide bonds. The molecular formula is C7H13N3O3S. The Kier molecular flexibility index (Phi) is 4.54. The van der Waals surface area contributed by atoms with Gasteiger partial charge in [0.05, 0.1) is 12.6 Å². The minimum atomic E-state index is -0.825. The Hall–Kier alpha value is -0.950. The highest BCUT2D eigenvalue weighted by Crippen LogP contribution is 2.08. The van der Waals surface area contributed by atoms with E-state index in [1.807, 2.05) is 0 Å². The van der Waals surface area contributed by atoms with Gasteiger partial charge >= 0.3 is 6.09 Å². The number of carbonyl (C=O) groups excluding carboxylic acids is 2. The first-order chi connectivity index (χ1) is 6.70. The van der Waals surface area contributed by atoms with Crippen LogP contribution in [0.4, 0.5) is 4.79 Å². The van der Waals surface area contributed by atoms with Crippen LogP contribution < -0.4 is 16.4 Å². The Morgan fingerprint density at radius 1 is 1.64 bits per heavy atom. The maximum absolute atomic E-state index is 11.3. The third-order valence-corrected chi connectivity index (χ3v) is 2.62. The first-order valence-electron chi connectivity index (χ1n) is 4.21. The van der Waals surface area contributed by atoms with Gasteiger partial charge in [-0.2, -0.15) is 0 Å². The van der Waals surface area contributed by atoms with Gasteiger partial charge in [-0.25, -0.2) is 4.79 Å². The summed E-state index contributed by atoms with van der Waals surface area (Å²) in [4.78, 5) is 21.5. The highest BCUT2D eigenvalue weighted by molar-refractivity contribution is 7.99. The first kappa shape index (κ1) is 11.1. The van der Waals surface area contributed by atoms with Crippen molar-refractivity contribution >= 4 is 23.8 Å². The first-order valence-corrected chi connectivity index (χ1v) is 5.36. The summed E-state index contributed by atoms with van der Waals surface area (Å²) < 4.78 is 4.45. The summed E-state index contributed by atoms with van der Waals surface area (Å²) in [6.07, 6.45) is -0.825. The van der Waals surface area contributed by atoms with Crippen molar-refractivity contribution in [1.29, 1.82) is 0 Å². The average molecular weight is 219 g/mol. The highest BCUT2D eigenvalue weighted by Gasteiger charge is 2.21. The lowest BCUT2D eigenvalue weighted by atomic mass is 10.3. The molecule has 80 valence electrons. The van der Waals surface area contributed by atoms with E-state index in [0.717, 1.165) is 11.6 Å². The van der Waals surface area contributed by atoms with Gasteiger partial charge in [0, 0.05) is 11.6 Å². The number of primary amides is 1. The van der Waals surface area contributed by atoms with Crippen LogP contribution in [0.15, 0.2) is 0 Å². The number of thioether (sulfide) groups is 1. The molecule has 1 unspecified atom stereocenters. The molecule has 1 saturated heterocycles. The minimum absolute atomic E-state index is 0.0666. The molecule has 0 spiro atoms. The highest BCUT2D eigenvalue weighted by atomic mass is 32.2. The molecule has 0 aromatic rings. The predicted octanol–water partition coefficient (Wildman–Crippen LogP) is -1.14. The number of nitrogens with one attached hydrogen (secondary N) is 2. The lowest BCUT2D eigenvalue weighted by Gasteiger charge is -2.09.